The summed E-state index contributed by atoms with van der Waals surface area (Å²) in [5.41, 5.74) is 5.54. The molecule has 0 aliphatic carbocycles. The molecule has 16 heavy (non-hydrogen) atoms. The van der Waals surface area contributed by atoms with Gasteiger partial charge in [-0.05, 0) is 6.07 Å². The summed E-state index contributed by atoms with van der Waals surface area (Å²) in [7, 11) is 0. The molecule has 8 nitrogen and oxygen atoms in total. The minimum Gasteiger partial charge on any atom is -0.465 e. The highest BCUT2D eigenvalue weighted by molar-refractivity contribution is 5.94. The number of pyridine rings is 1. The Labute approximate surface area is 89.6 Å². The molecule has 0 aliphatic rings. The van der Waals surface area contributed by atoms with Crippen LogP contribution in [0, 0.1) is 5.41 Å². The number of hydrogen-bond acceptors (Lipinski definition) is 5. The number of amidine groups is 1. The van der Waals surface area contributed by atoms with Crippen LogP contribution in [0.4, 0.5) is 9.59 Å². The topological polar surface area (TPSA) is 138 Å². The normalized spacial score (nSPS) is 9.25. The minimum absolute atomic E-state index is 0.0937. The number of rotatable bonds is 2. The van der Waals surface area contributed by atoms with Crippen molar-refractivity contribution in [3.05, 3.63) is 23.9 Å². The van der Waals surface area contributed by atoms with E-state index in [1.807, 2.05) is 0 Å². The maximum Gasteiger partial charge on any atom is 0.423 e. The number of nitrogen functional groups attached to an aromatic ring is 1. The summed E-state index contributed by atoms with van der Waals surface area (Å²) in [5, 5.41) is 16.8. The number of imide groups is 1. The molecule has 0 aliphatic heterocycles. The van der Waals surface area contributed by atoms with E-state index in [0.717, 1.165) is 0 Å². The lowest BCUT2D eigenvalue weighted by molar-refractivity contribution is 0.177. The molecule has 2 amide bonds. The molecule has 84 valence electrons. The lowest BCUT2D eigenvalue weighted by Crippen LogP contribution is -2.31. The Hall–Kier alpha value is -2.64. The van der Waals surface area contributed by atoms with Crippen molar-refractivity contribution >= 4 is 18.0 Å². The van der Waals surface area contributed by atoms with E-state index < -0.39 is 12.2 Å². The number of nitrogens with one attached hydrogen (secondary N) is 2. The third-order valence-electron chi connectivity index (χ3n) is 1.45. The first-order valence-corrected chi connectivity index (χ1v) is 4.01. The molecular formula is C8H8N4O4. The van der Waals surface area contributed by atoms with Gasteiger partial charge in [0.1, 0.15) is 5.84 Å². The average molecular weight is 224 g/mol. The van der Waals surface area contributed by atoms with E-state index in [0.29, 0.717) is 5.56 Å². The van der Waals surface area contributed by atoms with Gasteiger partial charge in [0.05, 0.1) is 0 Å². The second kappa shape index (κ2) is 4.73. The molecule has 0 radical (unpaired) electrons. The van der Waals surface area contributed by atoms with E-state index >= 15 is 0 Å². The largest absolute Gasteiger partial charge is 0.465 e. The predicted molar refractivity (Wildman–Crippen MR) is 52.4 cm³/mol. The maximum atomic E-state index is 10.8. The van der Waals surface area contributed by atoms with E-state index in [2.05, 4.69) is 9.72 Å². The van der Waals surface area contributed by atoms with Gasteiger partial charge in [-0.15, -0.1) is 0 Å². The highest BCUT2D eigenvalue weighted by Gasteiger charge is 2.08. The maximum absolute atomic E-state index is 10.8. The number of carbonyl (C=O) groups excluding carboxylic acids is 1. The van der Waals surface area contributed by atoms with Gasteiger partial charge in [-0.1, -0.05) is 0 Å². The van der Waals surface area contributed by atoms with Crippen molar-refractivity contribution in [2.45, 2.75) is 0 Å². The van der Waals surface area contributed by atoms with Crippen LogP contribution in [0.15, 0.2) is 18.3 Å². The van der Waals surface area contributed by atoms with E-state index in [1.54, 1.807) is 0 Å². The number of nitrogens with zero attached hydrogens (tertiary/aromatic N) is 1. The van der Waals surface area contributed by atoms with Crippen molar-refractivity contribution < 1.29 is 19.4 Å². The van der Waals surface area contributed by atoms with Gasteiger partial charge >= 0.3 is 12.2 Å². The number of nitrogens with two attached hydrogens (primary N) is 1. The van der Waals surface area contributed by atoms with E-state index in [1.165, 1.54) is 23.6 Å². The van der Waals surface area contributed by atoms with Crippen LogP contribution in [0.5, 0.6) is 5.88 Å². The van der Waals surface area contributed by atoms with E-state index in [4.69, 9.17) is 16.2 Å². The summed E-state index contributed by atoms with van der Waals surface area (Å²) < 4.78 is 4.51. The van der Waals surface area contributed by atoms with Crippen LogP contribution in [0.25, 0.3) is 0 Å². The highest BCUT2D eigenvalue weighted by Crippen LogP contribution is 2.06. The van der Waals surface area contributed by atoms with Crippen molar-refractivity contribution in [1.29, 1.82) is 5.41 Å². The van der Waals surface area contributed by atoms with E-state index in [-0.39, 0.29) is 11.7 Å². The fraction of sp³-hybridized carbons (Fsp3) is 0. The average Bonchev–Trinajstić information content (AvgIpc) is 2.16. The monoisotopic (exact) mass is 224 g/mol. The molecule has 1 aromatic heterocycles. The second-order valence-corrected chi connectivity index (χ2v) is 2.62. The van der Waals surface area contributed by atoms with E-state index in [9.17, 15) is 9.59 Å². The van der Waals surface area contributed by atoms with Gasteiger partial charge in [0.2, 0.25) is 5.88 Å². The lowest BCUT2D eigenvalue weighted by atomic mass is 10.3. The van der Waals surface area contributed by atoms with Crippen LogP contribution in [-0.2, 0) is 0 Å². The van der Waals surface area contributed by atoms with Crippen LogP contribution >= 0.6 is 0 Å². The summed E-state index contributed by atoms with van der Waals surface area (Å²) in [6.07, 6.45) is -1.45. The van der Waals surface area contributed by atoms with Crippen LogP contribution in [0.1, 0.15) is 5.56 Å². The summed E-state index contributed by atoms with van der Waals surface area (Å²) in [4.78, 5) is 24.5. The fourth-order valence-electron chi connectivity index (χ4n) is 0.808. The zero-order valence-corrected chi connectivity index (χ0v) is 7.93. The summed E-state index contributed by atoms with van der Waals surface area (Å²) in [6.45, 7) is 0. The standard InChI is InChI=1S/C8H8N4O4/c9-6(10)4-1-2-5(11-3-4)16-8(15)12-7(13)14/h1-3H,(H3,9,10)(H,12,15)(H,13,14). The Kier molecular flexibility index (Phi) is 3.38. The molecule has 1 heterocycles. The number of carboxylic acid groups (broad SMARTS) is 1. The predicted octanol–water partition coefficient (Wildman–Crippen LogP) is 0.132. The van der Waals surface area contributed by atoms with Crippen molar-refractivity contribution in [2.24, 2.45) is 5.73 Å². The Balaban J connectivity index is 2.65. The summed E-state index contributed by atoms with van der Waals surface area (Å²) in [6, 6.07) is 2.71. The Morgan fingerprint density at radius 3 is 2.62 bits per heavy atom. The molecule has 8 heteroatoms. The first kappa shape index (κ1) is 11.4. The van der Waals surface area contributed by atoms with Crippen molar-refractivity contribution in [3.63, 3.8) is 0 Å². The number of aromatic nitrogens is 1. The first-order chi connectivity index (χ1) is 7.49. The minimum atomic E-state index is -1.52. The molecule has 0 aromatic carbocycles. The summed E-state index contributed by atoms with van der Waals surface area (Å²) in [5.74, 6) is -0.266. The molecule has 0 saturated heterocycles. The van der Waals surface area contributed by atoms with Gasteiger partial charge in [-0.3, -0.25) is 5.41 Å². The van der Waals surface area contributed by atoms with Crippen LogP contribution < -0.4 is 15.8 Å². The fourth-order valence-corrected chi connectivity index (χ4v) is 0.808. The molecule has 1 aromatic rings. The molecular weight excluding hydrogens is 216 g/mol. The van der Waals surface area contributed by atoms with Crippen LogP contribution in [-0.4, -0.2) is 28.1 Å². The third kappa shape index (κ3) is 3.25. The SMILES string of the molecule is N=C(N)c1ccc(OC(=O)NC(=O)O)nc1. The Bertz CT molecular complexity index is 428. The van der Waals surface area contributed by atoms with Gasteiger partial charge in [-0.25, -0.2) is 19.9 Å². The lowest BCUT2D eigenvalue weighted by Gasteiger charge is -2.02. The van der Waals surface area contributed by atoms with Crippen molar-refractivity contribution in [3.8, 4) is 5.88 Å². The van der Waals surface area contributed by atoms with Gasteiger partial charge in [0, 0.05) is 17.8 Å². The van der Waals surface area contributed by atoms with Crippen LogP contribution in [0.2, 0.25) is 0 Å². The van der Waals surface area contributed by atoms with Crippen LogP contribution in [0.3, 0.4) is 0 Å². The quantitative estimate of drug-likeness (QED) is 0.416. The third-order valence-corrected chi connectivity index (χ3v) is 1.45. The molecule has 0 spiro atoms. The van der Waals surface area contributed by atoms with Gasteiger partial charge in [0.15, 0.2) is 0 Å². The molecule has 0 saturated carbocycles. The van der Waals surface area contributed by atoms with Gasteiger partial charge in [-0.2, -0.15) is 0 Å². The Morgan fingerprint density at radius 1 is 1.50 bits per heavy atom. The van der Waals surface area contributed by atoms with Gasteiger partial charge in [0.25, 0.3) is 0 Å². The Morgan fingerprint density at radius 2 is 2.19 bits per heavy atom. The highest BCUT2D eigenvalue weighted by atomic mass is 16.6. The molecule has 5 N–H and O–H groups in total. The molecule has 0 unspecified atom stereocenters. The number of hydrogen-bond donors (Lipinski definition) is 4. The smallest absolute Gasteiger partial charge is 0.423 e. The number of carbonyl (C=O) groups is 2. The zero-order chi connectivity index (χ0) is 12.1. The molecule has 1 rings (SSSR count). The summed E-state index contributed by atoms with van der Waals surface area (Å²) >= 11 is 0. The zero-order valence-electron chi connectivity index (χ0n) is 7.93. The number of amides is 2. The van der Waals surface area contributed by atoms with Gasteiger partial charge < -0.3 is 15.6 Å². The molecule has 0 bridgehead atoms. The first-order valence-electron chi connectivity index (χ1n) is 4.01. The van der Waals surface area contributed by atoms with Crippen molar-refractivity contribution in [2.75, 3.05) is 0 Å². The number of ether oxygens (including phenoxy) is 1. The molecule has 0 fully saturated rings. The molecule has 0 atom stereocenters. The second-order valence-electron chi connectivity index (χ2n) is 2.62. The van der Waals surface area contributed by atoms with Crippen molar-refractivity contribution in [1.82, 2.24) is 10.3 Å².